The summed E-state index contributed by atoms with van der Waals surface area (Å²) in [6, 6.07) is 7.36. The second kappa shape index (κ2) is 6.45. The van der Waals surface area contributed by atoms with Gasteiger partial charge in [0.1, 0.15) is 5.75 Å². The fraction of sp³-hybridized carbons (Fsp3) is 0.562. The summed E-state index contributed by atoms with van der Waals surface area (Å²) in [7, 11) is 0. The van der Waals surface area contributed by atoms with Crippen molar-refractivity contribution >= 4 is 5.91 Å². The van der Waals surface area contributed by atoms with Crippen molar-refractivity contribution in [3.63, 3.8) is 0 Å². The predicted octanol–water partition coefficient (Wildman–Crippen LogP) is 0.868. The maximum Gasteiger partial charge on any atom is 0.227 e. The molecule has 1 amide bonds. The van der Waals surface area contributed by atoms with Crippen LogP contribution in [-0.4, -0.2) is 66.2 Å². The first-order valence-corrected chi connectivity index (χ1v) is 7.60. The zero-order valence-electron chi connectivity index (χ0n) is 12.2. The molecule has 114 valence electrons. The minimum absolute atomic E-state index is 0.177. The molecule has 2 saturated heterocycles. The molecular formula is C16H22N2O3. The molecule has 3 rings (SSSR count). The number of phenolic OH excluding ortho intramolecular Hbond substituents is 1. The quantitative estimate of drug-likeness (QED) is 0.897. The van der Waals surface area contributed by atoms with Crippen molar-refractivity contribution in [1.29, 1.82) is 0 Å². The van der Waals surface area contributed by atoms with Gasteiger partial charge < -0.3 is 14.7 Å². The third kappa shape index (κ3) is 3.54. The molecule has 5 nitrogen and oxygen atoms in total. The minimum Gasteiger partial charge on any atom is -0.508 e. The van der Waals surface area contributed by atoms with Crippen LogP contribution in [0.4, 0.5) is 0 Å². The molecule has 1 unspecified atom stereocenters. The van der Waals surface area contributed by atoms with Crippen molar-refractivity contribution in [2.45, 2.75) is 18.9 Å². The van der Waals surface area contributed by atoms with Crippen molar-refractivity contribution < 1.29 is 14.6 Å². The Morgan fingerprint density at radius 3 is 2.62 bits per heavy atom. The fourth-order valence-corrected chi connectivity index (χ4v) is 3.11. The van der Waals surface area contributed by atoms with E-state index in [4.69, 9.17) is 4.74 Å². The van der Waals surface area contributed by atoms with Crippen LogP contribution in [0.3, 0.4) is 0 Å². The van der Waals surface area contributed by atoms with E-state index in [9.17, 15) is 9.90 Å². The summed E-state index contributed by atoms with van der Waals surface area (Å²) in [5.74, 6) is 0.413. The van der Waals surface area contributed by atoms with Crippen molar-refractivity contribution in [3.05, 3.63) is 29.8 Å². The van der Waals surface area contributed by atoms with Crippen LogP contribution in [0.2, 0.25) is 0 Å². The molecule has 0 spiro atoms. The number of benzene rings is 1. The monoisotopic (exact) mass is 290 g/mol. The third-order valence-corrected chi connectivity index (χ3v) is 4.37. The van der Waals surface area contributed by atoms with Crippen molar-refractivity contribution in [1.82, 2.24) is 9.80 Å². The van der Waals surface area contributed by atoms with Gasteiger partial charge in [-0.2, -0.15) is 0 Å². The van der Waals surface area contributed by atoms with Crippen LogP contribution in [0, 0.1) is 0 Å². The Morgan fingerprint density at radius 1 is 1.19 bits per heavy atom. The van der Waals surface area contributed by atoms with Crippen molar-refractivity contribution in [3.8, 4) is 5.75 Å². The number of aromatic hydroxyl groups is 1. The third-order valence-electron chi connectivity index (χ3n) is 4.37. The Labute approximate surface area is 125 Å². The zero-order chi connectivity index (χ0) is 14.7. The second-order valence-corrected chi connectivity index (χ2v) is 5.77. The molecule has 2 heterocycles. The largest absolute Gasteiger partial charge is 0.508 e. The highest BCUT2D eigenvalue weighted by Crippen LogP contribution is 2.18. The molecule has 0 aromatic heterocycles. The lowest BCUT2D eigenvalue weighted by atomic mass is 10.1. The Hall–Kier alpha value is -1.59. The number of rotatable bonds is 3. The number of phenols is 1. The first kappa shape index (κ1) is 14.4. The van der Waals surface area contributed by atoms with E-state index in [2.05, 4.69) is 4.90 Å². The molecule has 1 N–H and O–H groups in total. The van der Waals surface area contributed by atoms with Crippen LogP contribution in [0.15, 0.2) is 24.3 Å². The highest BCUT2D eigenvalue weighted by molar-refractivity contribution is 5.79. The van der Waals surface area contributed by atoms with Gasteiger partial charge in [0.25, 0.3) is 0 Å². The van der Waals surface area contributed by atoms with E-state index < -0.39 is 0 Å². The number of nitrogens with zero attached hydrogens (tertiary/aromatic N) is 2. The van der Waals surface area contributed by atoms with Crippen LogP contribution in [-0.2, 0) is 16.0 Å². The van der Waals surface area contributed by atoms with Crippen LogP contribution >= 0.6 is 0 Å². The Kier molecular flexibility index (Phi) is 4.41. The second-order valence-electron chi connectivity index (χ2n) is 5.77. The molecule has 1 aromatic rings. The number of carbonyl (C=O) groups is 1. The molecule has 2 aliphatic rings. The molecule has 1 atom stereocenters. The van der Waals surface area contributed by atoms with Crippen LogP contribution < -0.4 is 0 Å². The van der Waals surface area contributed by atoms with Crippen LogP contribution in [0.25, 0.3) is 0 Å². The molecule has 5 heteroatoms. The van der Waals surface area contributed by atoms with Crippen LogP contribution in [0.1, 0.15) is 12.0 Å². The maximum atomic E-state index is 12.3. The predicted molar refractivity (Wildman–Crippen MR) is 79.2 cm³/mol. The fourth-order valence-electron chi connectivity index (χ4n) is 3.11. The normalized spacial score (nSPS) is 23.4. The summed E-state index contributed by atoms with van der Waals surface area (Å²) in [6.45, 7) is 5.24. The number of carbonyl (C=O) groups excluding carboxylic acids is 1. The molecule has 2 fully saturated rings. The van der Waals surface area contributed by atoms with E-state index in [-0.39, 0.29) is 11.7 Å². The summed E-state index contributed by atoms with van der Waals surface area (Å²) in [5.41, 5.74) is 0.952. The van der Waals surface area contributed by atoms with E-state index in [0.717, 1.165) is 51.4 Å². The van der Waals surface area contributed by atoms with Crippen molar-refractivity contribution in [2.24, 2.45) is 0 Å². The smallest absolute Gasteiger partial charge is 0.227 e. The van der Waals surface area contributed by atoms with Gasteiger partial charge in [-0.3, -0.25) is 9.69 Å². The topological polar surface area (TPSA) is 53.0 Å². The number of hydrogen-bond donors (Lipinski definition) is 1. The van der Waals surface area contributed by atoms with E-state index in [1.54, 1.807) is 12.1 Å². The molecular weight excluding hydrogens is 268 g/mol. The maximum absolute atomic E-state index is 12.3. The average Bonchev–Trinajstić information content (AvgIpc) is 3.00. The van der Waals surface area contributed by atoms with E-state index in [1.807, 2.05) is 17.0 Å². The van der Waals surface area contributed by atoms with Gasteiger partial charge in [0.15, 0.2) is 0 Å². The van der Waals surface area contributed by atoms with Gasteiger partial charge in [0.2, 0.25) is 5.91 Å². The molecule has 0 radical (unpaired) electrons. The molecule has 21 heavy (non-hydrogen) atoms. The summed E-state index contributed by atoms with van der Waals surface area (Å²) in [4.78, 5) is 16.8. The standard InChI is InChI=1S/C16H22N2O3/c19-15-3-1-13(2-4-15)11-16(20)18-6-5-14(12-18)17-7-9-21-10-8-17/h1-4,14,19H,5-12H2. The van der Waals surface area contributed by atoms with E-state index in [0.29, 0.717) is 12.5 Å². The number of morpholine rings is 1. The summed E-state index contributed by atoms with van der Waals surface area (Å²) in [6.07, 6.45) is 1.47. The Balaban J connectivity index is 1.53. The molecule has 0 saturated carbocycles. The SMILES string of the molecule is O=C(Cc1ccc(O)cc1)N1CCC(N2CCOCC2)C1. The van der Waals surface area contributed by atoms with Gasteiger partial charge in [-0.05, 0) is 24.1 Å². The summed E-state index contributed by atoms with van der Waals surface area (Å²) in [5, 5.41) is 9.27. The minimum atomic E-state index is 0.177. The van der Waals surface area contributed by atoms with Gasteiger partial charge in [-0.15, -0.1) is 0 Å². The lowest BCUT2D eigenvalue weighted by Gasteiger charge is -2.32. The van der Waals surface area contributed by atoms with Crippen LogP contribution in [0.5, 0.6) is 5.75 Å². The number of likely N-dealkylation sites (tertiary alicyclic amines) is 1. The molecule has 0 aliphatic carbocycles. The summed E-state index contributed by atoms with van der Waals surface area (Å²) < 4.78 is 5.38. The Morgan fingerprint density at radius 2 is 1.90 bits per heavy atom. The number of hydrogen-bond acceptors (Lipinski definition) is 4. The zero-order valence-corrected chi connectivity index (χ0v) is 12.2. The molecule has 0 bridgehead atoms. The summed E-state index contributed by atoms with van der Waals surface area (Å²) >= 11 is 0. The first-order chi connectivity index (χ1) is 10.2. The lowest BCUT2D eigenvalue weighted by Crippen LogP contribution is -2.45. The first-order valence-electron chi connectivity index (χ1n) is 7.60. The highest BCUT2D eigenvalue weighted by Gasteiger charge is 2.30. The average molecular weight is 290 g/mol. The lowest BCUT2D eigenvalue weighted by molar-refractivity contribution is -0.129. The highest BCUT2D eigenvalue weighted by atomic mass is 16.5. The molecule has 2 aliphatic heterocycles. The van der Waals surface area contributed by atoms with Gasteiger partial charge in [0, 0.05) is 32.2 Å². The van der Waals surface area contributed by atoms with Gasteiger partial charge >= 0.3 is 0 Å². The number of ether oxygens (including phenoxy) is 1. The van der Waals surface area contributed by atoms with Gasteiger partial charge in [-0.25, -0.2) is 0 Å². The number of amides is 1. The molecule has 1 aromatic carbocycles. The Bertz CT molecular complexity index is 483. The van der Waals surface area contributed by atoms with Gasteiger partial charge in [0.05, 0.1) is 19.6 Å². The van der Waals surface area contributed by atoms with E-state index >= 15 is 0 Å². The van der Waals surface area contributed by atoms with Crippen molar-refractivity contribution in [2.75, 3.05) is 39.4 Å². The van der Waals surface area contributed by atoms with Gasteiger partial charge in [-0.1, -0.05) is 12.1 Å². The van der Waals surface area contributed by atoms with E-state index in [1.165, 1.54) is 0 Å².